The Balaban J connectivity index is 2.19. The van der Waals surface area contributed by atoms with Crippen LogP contribution in [0.3, 0.4) is 0 Å². The van der Waals surface area contributed by atoms with Gasteiger partial charge >= 0.3 is 11.9 Å². The van der Waals surface area contributed by atoms with Gasteiger partial charge in [-0.05, 0) is 57.4 Å². The van der Waals surface area contributed by atoms with Crippen molar-refractivity contribution in [2.45, 2.75) is 88.9 Å². The number of carboxylic acids is 2. The monoisotopic (exact) mass is 744 g/mol. The number of aliphatic carboxylic acids is 2. The number of aromatic hydroxyl groups is 1. The number of phenols is 1. The highest BCUT2D eigenvalue weighted by Crippen LogP contribution is 2.12. The van der Waals surface area contributed by atoms with Gasteiger partial charge in [-0.15, -0.1) is 0 Å². The Morgan fingerprint density at radius 1 is 0.736 bits per heavy atom. The van der Waals surface area contributed by atoms with Gasteiger partial charge in [-0.1, -0.05) is 42.5 Å². The fourth-order valence-electron chi connectivity index (χ4n) is 4.67. The van der Waals surface area contributed by atoms with Crippen LogP contribution in [0.5, 0.6) is 5.75 Å². The summed E-state index contributed by atoms with van der Waals surface area (Å²) in [7, 11) is 0. The third-order valence-electron chi connectivity index (χ3n) is 7.46. The number of rotatable bonds is 20. The number of carbonyl (C=O) groups is 7. The number of hydrogen-bond acceptors (Lipinski definition) is 11. The molecule has 0 saturated carbocycles. The zero-order valence-electron chi connectivity index (χ0n) is 29.8. The largest absolute Gasteiger partial charge is 0.508 e. The van der Waals surface area contributed by atoms with Gasteiger partial charge < -0.3 is 57.5 Å². The Kier molecular flexibility index (Phi) is 16.8. The third kappa shape index (κ3) is 16.1. The predicted molar refractivity (Wildman–Crippen MR) is 188 cm³/mol. The predicted octanol–water partition coefficient (Wildman–Crippen LogP) is -1.68. The second kappa shape index (κ2) is 20.4. The van der Waals surface area contributed by atoms with Crippen molar-refractivity contribution >= 4 is 41.5 Å². The molecular formula is C35H48N6O12. The van der Waals surface area contributed by atoms with Crippen LogP contribution in [0.4, 0.5) is 0 Å². The molecule has 2 rings (SSSR count). The summed E-state index contributed by atoms with van der Waals surface area (Å²) >= 11 is 0. The van der Waals surface area contributed by atoms with E-state index in [4.69, 9.17) is 10.5 Å². The molecule has 0 bridgehead atoms. The number of carbonyl (C=O) groups excluding carboxylic acids is 5. The third-order valence-corrected chi connectivity index (χ3v) is 7.46. The molecule has 5 amide bonds. The SMILES string of the molecule is C[C@@H](O)[C@H](NC(=O)[C@H](CC(=O)O)NC(=O)[C@H](Cc1ccccc1)NC(=O)CNC(=O)[C@@H](COC(C)(C)C)NC(=O)[C@@H](N)Cc1ccc(O)cc1)C(=O)O. The van der Waals surface area contributed by atoms with Gasteiger partial charge in [0.2, 0.25) is 29.5 Å². The molecule has 0 heterocycles. The van der Waals surface area contributed by atoms with Crippen molar-refractivity contribution < 1.29 is 58.7 Å². The number of nitrogens with one attached hydrogen (secondary N) is 5. The quantitative estimate of drug-likeness (QED) is 0.0726. The first-order chi connectivity index (χ1) is 24.7. The molecular weight excluding hydrogens is 696 g/mol. The van der Waals surface area contributed by atoms with Crippen LogP contribution < -0.4 is 32.3 Å². The summed E-state index contributed by atoms with van der Waals surface area (Å²) < 4.78 is 5.71. The summed E-state index contributed by atoms with van der Waals surface area (Å²) in [4.78, 5) is 88.6. The van der Waals surface area contributed by atoms with Gasteiger partial charge in [0.25, 0.3) is 0 Å². The van der Waals surface area contributed by atoms with E-state index in [1.807, 2.05) is 5.32 Å². The molecule has 0 saturated heterocycles. The normalized spacial score (nSPS) is 14.6. The lowest BCUT2D eigenvalue weighted by Crippen LogP contribution is -2.59. The van der Waals surface area contributed by atoms with E-state index in [0.717, 1.165) is 6.92 Å². The molecule has 0 aromatic heterocycles. The van der Waals surface area contributed by atoms with Gasteiger partial charge in [0.1, 0.15) is 23.9 Å². The molecule has 11 N–H and O–H groups in total. The van der Waals surface area contributed by atoms with Crippen molar-refractivity contribution in [3.63, 3.8) is 0 Å². The molecule has 290 valence electrons. The standard InChI is InChI=1S/C35H48N6O12/c1-19(42)29(34(51)52)41-33(50)25(16-28(45)46)39-32(49)24(15-20-8-6-5-7-9-20)38-27(44)17-37-31(48)26(18-53-35(2,3)4)40-30(47)23(36)14-21-10-12-22(43)13-11-21/h5-13,19,23-26,29,42-43H,14-18,36H2,1-4H3,(H,37,48)(H,38,44)(H,39,49)(H,40,47)(H,41,50)(H,45,46)(H,51,52)/t19-,23+,24+,25+,26-,29+/m1/s1. The Bertz CT molecular complexity index is 1580. The van der Waals surface area contributed by atoms with Gasteiger partial charge in [-0.2, -0.15) is 0 Å². The van der Waals surface area contributed by atoms with Crippen molar-refractivity contribution in [2.24, 2.45) is 5.73 Å². The molecule has 0 fully saturated rings. The van der Waals surface area contributed by atoms with Crippen LogP contribution in [-0.2, 0) is 51.1 Å². The van der Waals surface area contributed by atoms with Crippen LogP contribution in [0.2, 0.25) is 0 Å². The molecule has 0 aliphatic carbocycles. The summed E-state index contributed by atoms with van der Waals surface area (Å²) in [5.74, 6) is -7.68. The minimum Gasteiger partial charge on any atom is -0.508 e. The smallest absolute Gasteiger partial charge is 0.328 e. The zero-order chi connectivity index (χ0) is 39.9. The van der Waals surface area contributed by atoms with Crippen molar-refractivity contribution in [3.8, 4) is 5.75 Å². The van der Waals surface area contributed by atoms with Crippen LogP contribution in [0.15, 0.2) is 54.6 Å². The second-order valence-corrected chi connectivity index (χ2v) is 13.2. The minimum atomic E-state index is -1.81. The molecule has 2 aromatic carbocycles. The Hall–Kier alpha value is -5.59. The van der Waals surface area contributed by atoms with Gasteiger partial charge in [0.15, 0.2) is 6.04 Å². The van der Waals surface area contributed by atoms with E-state index in [9.17, 15) is 54.0 Å². The number of ether oxygens (including phenoxy) is 1. The van der Waals surface area contributed by atoms with E-state index in [-0.39, 0.29) is 25.2 Å². The van der Waals surface area contributed by atoms with E-state index >= 15 is 0 Å². The van der Waals surface area contributed by atoms with Crippen LogP contribution in [-0.4, -0.2) is 117 Å². The van der Waals surface area contributed by atoms with Crippen LogP contribution >= 0.6 is 0 Å². The van der Waals surface area contributed by atoms with Gasteiger partial charge in [-0.3, -0.25) is 28.8 Å². The van der Waals surface area contributed by atoms with Crippen LogP contribution in [0, 0.1) is 0 Å². The number of carboxylic acid groups (broad SMARTS) is 2. The molecule has 0 aliphatic rings. The summed E-state index contributed by atoms with van der Waals surface area (Å²) in [6.07, 6.45) is -2.58. The molecule has 18 nitrogen and oxygen atoms in total. The average molecular weight is 745 g/mol. The van der Waals surface area contributed by atoms with E-state index in [1.54, 1.807) is 63.2 Å². The summed E-state index contributed by atoms with van der Waals surface area (Å²) in [5.41, 5.74) is 6.57. The summed E-state index contributed by atoms with van der Waals surface area (Å²) in [6, 6.07) is 6.97. The number of phenolic OH excluding ortho intramolecular Hbond substituents is 1. The number of benzene rings is 2. The van der Waals surface area contributed by atoms with Gasteiger partial charge in [-0.25, -0.2) is 4.79 Å². The van der Waals surface area contributed by atoms with E-state index in [2.05, 4.69) is 21.3 Å². The lowest BCUT2D eigenvalue weighted by molar-refractivity contribution is -0.146. The highest BCUT2D eigenvalue weighted by atomic mass is 16.5. The Labute approximate surface area is 305 Å². The van der Waals surface area contributed by atoms with Gasteiger partial charge in [0, 0.05) is 6.42 Å². The number of hydrogen-bond donors (Lipinski definition) is 10. The van der Waals surface area contributed by atoms with Crippen LogP contribution in [0.25, 0.3) is 0 Å². The molecule has 2 aromatic rings. The van der Waals surface area contributed by atoms with E-state index in [1.165, 1.54) is 12.1 Å². The summed E-state index contributed by atoms with van der Waals surface area (Å²) in [6.45, 7) is 5.30. The molecule has 0 radical (unpaired) electrons. The maximum atomic E-state index is 13.5. The lowest BCUT2D eigenvalue weighted by atomic mass is 10.0. The van der Waals surface area contributed by atoms with Crippen molar-refractivity contribution in [1.82, 2.24) is 26.6 Å². The average Bonchev–Trinajstić information content (AvgIpc) is 3.07. The minimum absolute atomic E-state index is 0.0354. The Morgan fingerprint density at radius 2 is 1.30 bits per heavy atom. The van der Waals surface area contributed by atoms with Gasteiger partial charge in [0.05, 0.1) is 37.3 Å². The highest BCUT2D eigenvalue weighted by molar-refractivity contribution is 5.96. The number of amides is 5. The molecule has 6 atom stereocenters. The maximum Gasteiger partial charge on any atom is 0.328 e. The zero-order valence-corrected chi connectivity index (χ0v) is 29.8. The van der Waals surface area contributed by atoms with E-state index in [0.29, 0.717) is 11.1 Å². The highest BCUT2D eigenvalue weighted by Gasteiger charge is 2.33. The number of nitrogens with two attached hydrogens (primary N) is 1. The van der Waals surface area contributed by atoms with Crippen molar-refractivity contribution in [1.29, 1.82) is 0 Å². The van der Waals surface area contributed by atoms with Crippen molar-refractivity contribution in [2.75, 3.05) is 13.2 Å². The Morgan fingerprint density at radius 3 is 1.85 bits per heavy atom. The first-order valence-corrected chi connectivity index (χ1v) is 16.6. The van der Waals surface area contributed by atoms with E-state index < -0.39 is 96.4 Å². The number of aliphatic hydroxyl groups is 1. The summed E-state index contributed by atoms with van der Waals surface area (Å²) in [5, 5.41) is 49.5. The maximum absolute atomic E-state index is 13.5. The second-order valence-electron chi connectivity index (χ2n) is 13.2. The topological polar surface area (TPSA) is 296 Å². The molecule has 18 heteroatoms. The molecule has 0 aliphatic heterocycles. The molecule has 53 heavy (non-hydrogen) atoms. The van der Waals surface area contributed by atoms with Crippen LogP contribution in [0.1, 0.15) is 45.2 Å². The number of aliphatic hydroxyl groups excluding tert-OH is 1. The fourth-order valence-corrected chi connectivity index (χ4v) is 4.67. The first kappa shape index (κ1) is 43.6. The van der Waals surface area contributed by atoms with Crippen molar-refractivity contribution in [3.05, 3.63) is 65.7 Å². The first-order valence-electron chi connectivity index (χ1n) is 16.6. The molecule has 0 unspecified atom stereocenters. The molecule has 0 spiro atoms. The lowest BCUT2D eigenvalue weighted by Gasteiger charge is -2.26. The fraction of sp³-hybridized carbons (Fsp3) is 0.457.